The van der Waals surface area contributed by atoms with Crippen molar-refractivity contribution in [2.24, 2.45) is 11.7 Å². The Kier molecular flexibility index (Phi) is 6.81. The highest BCUT2D eigenvalue weighted by atomic mass is 35.5. The molecule has 0 fully saturated rings. The first kappa shape index (κ1) is 16.5. The van der Waals surface area contributed by atoms with Crippen molar-refractivity contribution in [1.82, 2.24) is 0 Å². The third-order valence-corrected chi connectivity index (χ3v) is 3.16. The smallest absolute Gasteiger partial charge is 0.0300 e. The number of benzene rings is 1. The van der Waals surface area contributed by atoms with Gasteiger partial charge in [-0.15, -0.1) is 12.4 Å². The summed E-state index contributed by atoms with van der Waals surface area (Å²) >= 11 is 0. The fraction of sp³-hybridized carbons (Fsp3) is 0.600. The molecule has 0 aromatic heterocycles. The second-order valence-corrected chi connectivity index (χ2v) is 5.39. The van der Waals surface area contributed by atoms with Crippen molar-refractivity contribution in [3.8, 4) is 0 Å². The van der Waals surface area contributed by atoms with Crippen LogP contribution in [-0.4, -0.2) is 0 Å². The maximum absolute atomic E-state index is 6.30. The van der Waals surface area contributed by atoms with Crippen molar-refractivity contribution in [3.05, 3.63) is 34.4 Å². The van der Waals surface area contributed by atoms with Crippen molar-refractivity contribution in [2.45, 2.75) is 53.5 Å². The van der Waals surface area contributed by atoms with E-state index in [2.05, 4.69) is 46.8 Å². The minimum Gasteiger partial charge on any atom is -0.324 e. The van der Waals surface area contributed by atoms with E-state index in [1.165, 1.54) is 28.7 Å². The zero-order valence-corrected chi connectivity index (χ0v) is 12.5. The molecule has 98 valence electrons. The van der Waals surface area contributed by atoms with Crippen molar-refractivity contribution in [1.29, 1.82) is 0 Å². The topological polar surface area (TPSA) is 26.0 Å². The molecular weight excluding hydrogens is 230 g/mol. The highest BCUT2D eigenvalue weighted by molar-refractivity contribution is 5.85. The molecule has 2 N–H and O–H groups in total. The molecule has 0 aliphatic heterocycles. The summed E-state index contributed by atoms with van der Waals surface area (Å²) in [6.45, 7) is 11.0. The Labute approximate surface area is 112 Å². The summed E-state index contributed by atoms with van der Waals surface area (Å²) in [6.07, 6.45) is 2.29. The summed E-state index contributed by atoms with van der Waals surface area (Å²) in [7, 11) is 0. The van der Waals surface area contributed by atoms with Gasteiger partial charge in [0.15, 0.2) is 0 Å². The number of aryl methyl sites for hydroxylation is 3. The second kappa shape index (κ2) is 7.03. The Bertz CT molecular complexity index is 335. The quantitative estimate of drug-likeness (QED) is 0.844. The lowest BCUT2D eigenvalue weighted by molar-refractivity contribution is 0.505. The fourth-order valence-corrected chi connectivity index (χ4v) is 2.43. The van der Waals surface area contributed by atoms with Crippen LogP contribution in [0.1, 0.15) is 55.0 Å². The number of rotatable bonds is 4. The molecule has 0 aliphatic rings. The Morgan fingerprint density at radius 3 is 1.88 bits per heavy atom. The Morgan fingerprint density at radius 2 is 1.47 bits per heavy atom. The van der Waals surface area contributed by atoms with Gasteiger partial charge in [-0.25, -0.2) is 0 Å². The van der Waals surface area contributed by atoms with Gasteiger partial charge in [0.1, 0.15) is 0 Å². The van der Waals surface area contributed by atoms with Crippen LogP contribution in [0, 0.1) is 26.7 Å². The normalized spacial score (nSPS) is 12.4. The summed E-state index contributed by atoms with van der Waals surface area (Å²) in [5.74, 6) is 0.733. The van der Waals surface area contributed by atoms with Crippen LogP contribution in [0.5, 0.6) is 0 Å². The van der Waals surface area contributed by atoms with Crippen LogP contribution in [0.25, 0.3) is 0 Å². The summed E-state index contributed by atoms with van der Waals surface area (Å²) in [5.41, 5.74) is 11.7. The number of hydrogen-bond acceptors (Lipinski definition) is 1. The van der Waals surface area contributed by atoms with Gasteiger partial charge in [-0.2, -0.15) is 0 Å². The van der Waals surface area contributed by atoms with E-state index >= 15 is 0 Å². The van der Waals surface area contributed by atoms with Gasteiger partial charge in [0.25, 0.3) is 0 Å². The minimum absolute atomic E-state index is 0. The first-order chi connectivity index (χ1) is 7.41. The van der Waals surface area contributed by atoms with Gasteiger partial charge in [0.05, 0.1) is 0 Å². The molecule has 2 heteroatoms. The zero-order chi connectivity index (χ0) is 12.3. The van der Waals surface area contributed by atoms with Gasteiger partial charge in [0.2, 0.25) is 0 Å². The number of nitrogens with two attached hydrogens (primary N) is 1. The van der Waals surface area contributed by atoms with Crippen molar-refractivity contribution in [2.75, 3.05) is 0 Å². The van der Waals surface area contributed by atoms with E-state index in [9.17, 15) is 0 Å². The third-order valence-electron chi connectivity index (χ3n) is 3.16. The van der Waals surface area contributed by atoms with Crippen molar-refractivity contribution >= 4 is 12.4 Å². The molecule has 1 rings (SSSR count). The Morgan fingerprint density at radius 1 is 1.00 bits per heavy atom. The van der Waals surface area contributed by atoms with Crippen LogP contribution in [0.2, 0.25) is 0 Å². The molecular formula is C15H26ClN. The fourth-order valence-electron chi connectivity index (χ4n) is 2.43. The molecule has 0 aliphatic carbocycles. The number of halogens is 1. The van der Waals surface area contributed by atoms with E-state index in [0.717, 1.165) is 12.3 Å². The first-order valence-electron chi connectivity index (χ1n) is 6.25. The van der Waals surface area contributed by atoms with Crippen LogP contribution >= 0.6 is 12.4 Å². The molecule has 0 bridgehead atoms. The minimum atomic E-state index is 0. The predicted octanol–water partition coefficient (Wildman–Crippen LogP) is 4.47. The van der Waals surface area contributed by atoms with Gasteiger partial charge >= 0.3 is 0 Å². The largest absolute Gasteiger partial charge is 0.324 e. The maximum Gasteiger partial charge on any atom is 0.0300 e. The second-order valence-electron chi connectivity index (χ2n) is 5.39. The lowest BCUT2D eigenvalue weighted by Gasteiger charge is -2.19. The van der Waals surface area contributed by atoms with Crippen LogP contribution in [0.15, 0.2) is 12.1 Å². The molecule has 1 atom stereocenters. The lowest BCUT2D eigenvalue weighted by atomic mass is 9.91. The van der Waals surface area contributed by atoms with Gasteiger partial charge in [-0.3, -0.25) is 0 Å². The highest BCUT2D eigenvalue weighted by Crippen LogP contribution is 2.26. The lowest BCUT2D eigenvalue weighted by Crippen LogP contribution is -2.14. The summed E-state index contributed by atoms with van der Waals surface area (Å²) in [4.78, 5) is 0. The van der Waals surface area contributed by atoms with Gasteiger partial charge < -0.3 is 5.73 Å². The molecule has 1 aromatic rings. The Balaban J connectivity index is 0.00000256. The van der Waals surface area contributed by atoms with Crippen molar-refractivity contribution in [3.63, 3.8) is 0 Å². The summed E-state index contributed by atoms with van der Waals surface area (Å²) < 4.78 is 0. The van der Waals surface area contributed by atoms with Crippen LogP contribution in [0.4, 0.5) is 0 Å². The highest BCUT2D eigenvalue weighted by Gasteiger charge is 2.12. The number of hydrogen-bond donors (Lipinski definition) is 1. The van der Waals surface area contributed by atoms with Crippen LogP contribution in [0.3, 0.4) is 0 Å². The van der Waals surface area contributed by atoms with E-state index in [4.69, 9.17) is 5.73 Å². The van der Waals surface area contributed by atoms with E-state index in [-0.39, 0.29) is 18.4 Å². The first-order valence-corrected chi connectivity index (χ1v) is 6.25. The maximum atomic E-state index is 6.30. The molecule has 1 nitrogen and oxygen atoms in total. The molecule has 17 heavy (non-hydrogen) atoms. The SMILES string of the molecule is Cc1cc(C)c([C@@H](N)CCC(C)C)c(C)c1.Cl. The molecule has 0 saturated carbocycles. The summed E-state index contributed by atoms with van der Waals surface area (Å²) in [6, 6.07) is 4.66. The molecule has 1 aromatic carbocycles. The third kappa shape index (κ3) is 4.69. The van der Waals surface area contributed by atoms with Gasteiger partial charge in [-0.1, -0.05) is 31.5 Å². The molecule has 0 heterocycles. The Hall–Kier alpha value is -0.530. The van der Waals surface area contributed by atoms with Crippen LogP contribution < -0.4 is 5.73 Å². The molecule has 0 amide bonds. The summed E-state index contributed by atoms with van der Waals surface area (Å²) in [5, 5.41) is 0. The molecule has 0 unspecified atom stereocenters. The zero-order valence-electron chi connectivity index (χ0n) is 11.7. The average Bonchev–Trinajstić information content (AvgIpc) is 2.12. The van der Waals surface area contributed by atoms with Gasteiger partial charge in [-0.05, 0) is 56.2 Å². The molecule has 0 spiro atoms. The van der Waals surface area contributed by atoms with E-state index in [1.54, 1.807) is 0 Å². The van der Waals surface area contributed by atoms with Crippen LogP contribution in [-0.2, 0) is 0 Å². The van der Waals surface area contributed by atoms with E-state index < -0.39 is 0 Å². The predicted molar refractivity (Wildman–Crippen MR) is 78.9 cm³/mol. The van der Waals surface area contributed by atoms with E-state index in [1.807, 2.05) is 0 Å². The van der Waals surface area contributed by atoms with Crippen molar-refractivity contribution < 1.29 is 0 Å². The van der Waals surface area contributed by atoms with E-state index in [0.29, 0.717) is 0 Å². The standard InChI is InChI=1S/C15H25N.ClH/c1-10(2)6-7-14(16)15-12(4)8-11(3)9-13(15)5;/h8-10,14H,6-7,16H2,1-5H3;1H/t14-;/m0./s1. The monoisotopic (exact) mass is 255 g/mol. The molecule has 0 saturated heterocycles. The average molecular weight is 256 g/mol. The van der Waals surface area contributed by atoms with Gasteiger partial charge in [0, 0.05) is 6.04 Å². The molecule has 0 radical (unpaired) electrons.